The zero-order valence-corrected chi connectivity index (χ0v) is 12.7. The van der Waals surface area contributed by atoms with Crippen molar-refractivity contribution in [1.82, 2.24) is 10.6 Å². The number of nitrogens with one attached hydrogen (secondary N) is 2. The van der Waals surface area contributed by atoms with E-state index in [0.29, 0.717) is 6.54 Å². The summed E-state index contributed by atoms with van der Waals surface area (Å²) in [6.45, 7) is 9.83. The van der Waals surface area contributed by atoms with Crippen molar-refractivity contribution in [1.29, 1.82) is 0 Å². The third kappa shape index (κ3) is 8.31. The Morgan fingerprint density at radius 1 is 1.22 bits per heavy atom. The van der Waals surface area contributed by atoms with Crippen LogP contribution in [-0.4, -0.2) is 30.4 Å². The molecule has 0 bridgehead atoms. The minimum absolute atomic E-state index is 0. The van der Waals surface area contributed by atoms with Gasteiger partial charge in [-0.3, -0.25) is 9.59 Å². The van der Waals surface area contributed by atoms with Gasteiger partial charge >= 0.3 is 0 Å². The highest BCUT2D eigenvalue weighted by Gasteiger charge is 2.27. The van der Waals surface area contributed by atoms with Crippen LogP contribution in [0.15, 0.2) is 0 Å². The Balaban J connectivity index is 0. The van der Waals surface area contributed by atoms with Crippen molar-refractivity contribution >= 4 is 24.2 Å². The minimum Gasteiger partial charge on any atom is -0.354 e. The highest BCUT2D eigenvalue weighted by atomic mass is 35.5. The lowest BCUT2D eigenvalue weighted by Crippen LogP contribution is -2.49. The average molecular weight is 280 g/mol. The van der Waals surface area contributed by atoms with Gasteiger partial charge < -0.3 is 16.4 Å². The van der Waals surface area contributed by atoms with Crippen molar-refractivity contribution in [3.05, 3.63) is 0 Å². The van der Waals surface area contributed by atoms with E-state index in [1.54, 1.807) is 0 Å². The molecule has 0 spiro atoms. The molecule has 0 aromatic carbocycles. The first-order chi connectivity index (χ1) is 7.64. The van der Waals surface area contributed by atoms with E-state index in [1.165, 1.54) is 0 Å². The molecule has 0 aliphatic heterocycles. The molecule has 0 aliphatic carbocycles. The first-order valence-electron chi connectivity index (χ1n) is 5.97. The van der Waals surface area contributed by atoms with E-state index in [0.717, 1.165) is 0 Å². The Hall–Kier alpha value is -0.810. The molecule has 0 unspecified atom stereocenters. The number of carbonyl (C=O) groups excluding carboxylic acids is 2. The summed E-state index contributed by atoms with van der Waals surface area (Å²) in [5.41, 5.74) is 5.51. The van der Waals surface area contributed by atoms with Crippen molar-refractivity contribution in [2.75, 3.05) is 6.54 Å². The summed E-state index contributed by atoms with van der Waals surface area (Å²) in [4.78, 5) is 22.9. The van der Waals surface area contributed by atoms with Crippen LogP contribution in [0, 0.1) is 5.41 Å². The molecule has 0 rings (SSSR count). The number of hydrogen-bond donors (Lipinski definition) is 3. The van der Waals surface area contributed by atoms with Crippen molar-refractivity contribution in [2.45, 2.75) is 53.1 Å². The number of amides is 2. The standard InChI is InChI=1S/C12H25N3O2.ClH/c1-8(2)15-9(16)6-7-14-11(17)10(13)12(3,4)5;/h8,10H,6-7,13H2,1-5H3,(H,14,17)(H,15,16);1H/t10-;/m1./s1. The Bertz CT molecular complexity index is 275. The molecule has 5 nitrogen and oxygen atoms in total. The van der Waals surface area contributed by atoms with E-state index < -0.39 is 6.04 Å². The fourth-order valence-electron chi connectivity index (χ4n) is 1.20. The lowest BCUT2D eigenvalue weighted by Gasteiger charge is -2.25. The van der Waals surface area contributed by atoms with Gasteiger partial charge in [0.15, 0.2) is 0 Å². The van der Waals surface area contributed by atoms with Gasteiger partial charge in [0.25, 0.3) is 0 Å². The number of halogens is 1. The van der Waals surface area contributed by atoms with Crippen LogP contribution in [0.4, 0.5) is 0 Å². The topological polar surface area (TPSA) is 84.2 Å². The average Bonchev–Trinajstić information content (AvgIpc) is 2.13. The second-order valence-electron chi connectivity index (χ2n) is 5.61. The quantitative estimate of drug-likeness (QED) is 0.696. The predicted octanol–water partition coefficient (Wildman–Crippen LogP) is 0.812. The molecule has 2 amide bonds. The summed E-state index contributed by atoms with van der Waals surface area (Å²) in [5, 5.41) is 5.42. The highest BCUT2D eigenvalue weighted by molar-refractivity contribution is 5.85. The maximum absolute atomic E-state index is 11.6. The SMILES string of the molecule is CC(C)NC(=O)CCNC(=O)[C@@H](N)C(C)(C)C.Cl. The summed E-state index contributed by atoms with van der Waals surface area (Å²) < 4.78 is 0. The van der Waals surface area contributed by atoms with Gasteiger partial charge in [-0.25, -0.2) is 0 Å². The maximum Gasteiger partial charge on any atom is 0.237 e. The summed E-state index contributed by atoms with van der Waals surface area (Å²) in [6, 6.07) is -0.439. The second kappa shape index (κ2) is 8.32. The predicted molar refractivity (Wildman–Crippen MR) is 75.6 cm³/mol. The summed E-state index contributed by atoms with van der Waals surface area (Å²) >= 11 is 0. The van der Waals surface area contributed by atoms with Crippen LogP contribution in [0.25, 0.3) is 0 Å². The third-order valence-corrected chi connectivity index (χ3v) is 2.32. The van der Waals surface area contributed by atoms with Crippen LogP contribution in [0.2, 0.25) is 0 Å². The molecule has 4 N–H and O–H groups in total. The van der Waals surface area contributed by atoms with Gasteiger partial charge in [0.05, 0.1) is 6.04 Å². The van der Waals surface area contributed by atoms with Gasteiger partial charge in [-0.05, 0) is 19.3 Å². The van der Waals surface area contributed by atoms with Crippen molar-refractivity contribution in [3.63, 3.8) is 0 Å². The van der Waals surface area contributed by atoms with E-state index >= 15 is 0 Å². The zero-order chi connectivity index (χ0) is 13.6. The van der Waals surface area contributed by atoms with Crippen molar-refractivity contribution in [2.24, 2.45) is 11.1 Å². The molecule has 0 saturated heterocycles. The lowest BCUT2D eigenvalue weighted by molar-refractivity contribution is -0.124. The molecule has 18 heavy (non-hydrogen) atoms. The smallest absolute Gasteiger partial charge is 0.237 e. The normalized spacial score (nSPS) is 12.6. The fraction of sp³-hybridized carbons (Fsp3) is 0.833. The van der Waals surface area contributed by atoms with Gasteiger partial charge in [0.2, 0.25) is 11.8 Å². The van der Waals surface area contributed by atoms with Crippen LogP contribution < -0.4 is 16.4 Å². The van der Waals surface area contributed by atoms with Gasteiger partial charge in [0, 0.05) is 19.0 Å². The lowest BCUT2D eigenvalue weighted by atomic mass is 9.87. The molecule has 108 valence electrons. The van der Waals surface area contributed by atoms with Crippen LogP contribution in [-0.2, 0) is 9.59 Å². The molecule has 0 heterocycles. The molecule has 1 atom stereocenters. The van der Waals surface area contributed by atoms with Crippen LogP contribution >= 0.6 is 12.4 Å². The molecular weight excluding hydrogens is 254 g/mol. The van der Waals surface area contributed by atoms with Crippen LogP contribution in [0.1, 0.15) is 41.0 Å². The zero-order valence-electron chi connectivity index (χ0n) is 11.9. The number of hydrogen-bond acceptors (Lipinski definition) is 3. The van der Waals surface area contributed by atoms with E-state index in [2.05, 4.69) is 10.6 Å². The summed E-state index contributed by atoms with van der Waals surface area (Å²) in [6.07, 6.45) is 0.279. The van der Waals surface area contributed by atoms with E-state index in [-0.39, 0.29) is 42.1 Å². The van der Waals surface area contributed by atoms with Crippen LogP contribution in [0.5, 0.6) is 0 Å². The molecule has 0 aromatic rings. The van der Waals surface area contributed by atoms with Crippen molar-refractivity contribution in [3.8, 4) is 0 Å². The molecule has 0 radical (unpaired) electrons. The summed E-state index contributed by atoms with van der Waals surface area (Å²) in [5.74, 6) is -0.278. The van der Waals surface area contributed by atoms with E-state index in [4.69, 9.17) is 5.73 Å². The largest absolute Gasteiger partial charge is 0.354 e. The molecular formula is C12H26ClN3O2. The van der Waals surface area contributed by atoms with Crippen molar-refractivity contribution < 1.29 is 9.59 Å². The minimum atomic E-state index is -0.560. The second-order valence-corrected chi connectivity index (χ2v) is 5.61. The Kier molecular flexibility index (Phi) is 9.03. The monoisotopic (exact) mass is 279 g/mol. The first kappa shape index (κ1) is 19.5. The first-order valence-corrected chi connectivity index (χ1v) is 5.97. The van der Waals surface area contributed by atoms with Gasteiger partial charge in [-0.15, -0.1) is 12.4 Å². The molecule has 0 saturated carbocycles. The van der Waals surface area contributed by atoms with Gasteiger partial charge in [-0.2, -0.15) is 0 Å². The van der Waals surface area contributed by atoms with Crippen LogP contribution in [0.3, 0.4) is 0 Å². The van der Waals surface area contributed by atoms with E-state index in [1.807, 2.05) is 34.6 Å². The van der Waals surface area contributed by atoms with Gasteiger partial charge in [-0.1, -0.05) is 20.8 Å². The molecule has 0 aliphatic rings. The third-order valence-electron chi connectivity index (χ3n) is 2.32. The number of rotatable bonds is 5. The van der Waals surface area contributed by atoms with E-state index in [9.17, 15) is 9.59 Å². The van der Waals surface area contributed by atoms with Gasteiger partial charge in [0.1, 0.15) is 0 Å². The molecule has 6 heteroatoms. The Morgan fingerprint density at radius 2 is 1.72 bits per heavy atom. The molecule has 0 fully saturated rings. The Labute approximate surface area is 116 Å². The highest BCUT2D eigenvalue weighted by Crippen LogP contribution is 2.16. The molecule has 0 aromatic heterocycles. The Morgan fingerprint density at radius 3 is 2.11 bits per heavy atom. The fourth-order valence-corrected chi connectivity index (χ4v) is 1.20. The summed E-state index contributed by atoms with van der Waals surface area (Å²) in [7, 11) is 0. The number of carbonyl (C=O) groups is 2. The maximum atomic E-state index is 11.6. The number of nitrogens with two attached hydrogens (primary N) is 1.